The number of amides is 1. The van der Waals surface area contributed by atoms with Crippen molar-refractivity contribution in [2.24, 2.45) is 0 Å². The maximum absolute atomic E-state index is 12.8. The van der Waals surface area contributed by atoms with Gasteiger partial charge >= 0.3 is 6.61 Å². The fraction of sp³-hybridized carbons (Fsp3) is 0.227. The molecule has 0 aliphatic carbocycles. The van der Waals surface area contributed by atoms with Crippen molar-refractivity contribution in [3.63, 3.8) is 0 Å². The molecule has 0 saturated carbocycles. The number of carbonyl (C=O) groups is 1. The Morgan fingerprint density at radius 3 is 2.83 bits per heavy atom. The van der Waals surface area contributed by atoms with E-state index in [-0.39, 0.29) is 17.4 Å². The van der Waals surface area contributed by atoms with Crippen molar-refractivity contribution in [3.05, 3.63) is 63.8 Å². The Kier molecular flexibility index (Phi) is 5.76. The lowest BCUT2D eigenvalue weighted by Gasteiger charge is -2.26. The van der Waals surface area contributed by atoms with Crippen LogP contribution in [0, 0.1) is 0 Å². The quantitative estimate of drug-likeness (QED) is 0.518. The van der Waals surface area contributed by atoms with Crippen LogP contribution in [0.25, 0.3) is 17.0 Å². The molecule has 1 amide bonds. The van der Waals surface area contributed by atoms with E-state index in [0.29, 0.717) is 18.7 Å². The Balaban J connectivity index is 1.56. The normalized spacial score (nSPS) is 13.8. The van der Waals surface area contributed by atoms with Crippen molar-refractivity contribution in [3.8, 4) is 11.5 Å². The molecule has 1 N–H and O–H groups in total. The molecule has 0 unspecified atom stereocenters. The summed E-state index contributed by atoms with van der Waals surface area (Å²) in [6.07, 6.45) is 3.57. The van der Waals surface area contributed by atoms with Gasteiger partial charge in [-0.3, -0.25) is 4.79 Å². The van der Waals surface area contributed by atoms with E-state index in [9.17, 15) is 13.6 Å². The first-order valence-electron chi connectivity index (χ1n) is 9.34. The number of carbonyl (C=O) groups excluding carboxylic acids is 1. The zero-order chi connectivity index (χ0) is 21.3. The van der Waals surface area contributed by atoms with Gasteiger partial charge < -0.3 is 19.4 Å². The Hall–Kier alpha value is -2.87. The van der Waals surface area contributed by atoms with Gasteiger partial charge in [0.15, 0.2) is 11.5 Å². The number of alkyl halides is 2. The average molecular weight is 477 g/mol. The number of fused-ring (bicyclic) bond motifs is 3. The molecule has 4 rings (SSSR count). The number of nitrogens with zero attached hydrogens (tertiary/aromatic N) is 1. The molecule has 156 valence electrons. The van der Waals surface area contributed by atoms with Crippen LogP contribution in [-0.2, 0) is 17.8 Å². The lowest BCUT2D eigenvalue weighted by molar-refractivity contribution is -0.126. The van der Waals surface area contributed by atoms with E-state index >= 15 is 0 Å². The number of benzene rings is 2. The van der Waals surface area contributed by atoms with Gasteiger partial charge in [0.05, 0.1) is 12.6 Å². The topological polar surface area (TPSA) is 54.6 Å². The highest BCUT2D eigenvalue weighted by atomic mass is 79.9. The number of nitrogens with one attached hydrogen (secondary N) is 1. The molecule has 1 aliphatic heterocycles. The lowest BCUT2D eigenvalue weighted by Crippen LogP contribution is -2.34. The molecule has 5 nitrogen and oxygen atoms in total. The van der Waals surface area contributed by atoms with Crippen LogP contribution >= 0.6 is 15.9 Å². The first kappa shape index (κ1) is 20.4. The van der Waals surface area contributed by atoms with Crippen LogP contribution in [0.2, 0.25) is 0 Å². The molecule has 30 heavy (non-hydrogen) atoms. The van der Waals surface area contributed by atoms with E-state index in [0.717, 1.165) is 33.1 Å². The molecule has 1 aromatic heterocycles. The molecule has 0 fully saturated rings. The third kappa shape index (κ3) is 3.92. The highest BCUT2D eigenvalue weighted by molar-refractivity contribution is 9.10. The molecule has 8 heteroatoms. The molecule has 0 radical (unpaired) electrons. The summed E-state index contributed by atoms with van der Waals surface area (Å²) >= 11 is 3.55. The van der Waals surface area contributed by atoms with E-state index in [1.54, 1.807) is 17.0 Å². The summed E-state index contributed by atoms with van der Waals surface area (Å²) < 4.78 is 36.3. The van der Waals surface area contributed by atoms with Crippen molar-refractivity contribution in [2.75, 3.05) is 13.7 Å². The molecule has 0 atom stereocenters. The maximum Gasteiger partial charge on any atom is 0.387 e. The summed E-state index contributed by atoms with van der Waals surface area (Å²) in [6.45, 7) is -1.95. The minimum Gasteiger partial charge on any atom is -0.493 e. The third-order valence-electron chi connectivity index (χ3n) is 5.11. The van der Waals surface area contributed by atoms with Gasteiger partial charge in [0.25, 0.3) is 0 Å². The zero-order valence-corrected chi connectivity index (χ0v) is 17.7. The van der Waals surface area contributed by atoms with E-state index in [2.05, 4.69) is 25.7 Å². The minimum atomic E-state index is -2.99. The lowest BCUT2D eigenvalue weighted by atomic mass is 10.0. The van der Waals surface area contributed by atoms with Crippen molar-refractivity contribution in [2.45, 2.75) is 19.6 Å². The summed E-state index contributed by atoms with van der Waals surface area (Å²) in [5.74, 6) is -0.117. The second-order valence-corrected chi connectivity index (χ2v) is 7.70. The molecule has 1 aliphatic rings. The highest BCUT2D eigenvalue weighted by Crippen LogP contribution is 2.34. The number of methoxy groups -OCH3 is 1. The smallest absolute Gasteiger partial charge is 0.387 e. The van der Waals surface area contributed by atoms with E-state index < -0.39 is 6.61 Å². The van der Waals surface area contributed by atoms with Crippen LogP contribution < -0.4 is 9.47 Å². The molecular formula is C22H19BrF2N2O3. The van der Waals surface area contributed by atoms with Gasteiger partial charge in [0, 0.05) is 52.3 Å². The van der Waals surface area contributed by atoms with E-state index in [1.165, 1.54) is 25.3 Å². The molecule has 2 heterocycles. The van der Waals surface area contributed by atoms with Gasteiger partial charge in [-0.1, -0.05) is 24.3 Å². The van der Waals surface area contributed by atoms with Crippen molar-refractivity contribution < 1.29 is 23.0 Å². The maximum atomic E-state index is 12.8. The Morgan fingerprint density at radius 2 is 2.07 bits per heavy atom. The zero-order valence-electron chi connectivity index (χ0n) is 16.1. The predicted octanol–water partition coefficient (Wildman–Crippen LogP) is 5.14. The van der Waals surface area contributed by atoms with Gasteiger partial charge in [0.2, 0.25) is 5.91 Å². The average Bonchev–Trinajstić information content (AvgIpc) is 3.11. The number of H-pyrrole nitrogens is 1. The molecule has 0 saturated heterocycles. The number of rotatable bonds is 5. The summed E-state index contributed by atoms with van der Waals surface area (Å²) in [6, 6.07) is 10.7. The SMILES string of the molecule is COc1cccc(/C=C/C(=O)N2CCc3[nH]c4c(Br)cccc4c3C2)c1OC(F)F. The number of ether oxygens (including phenoxy) is 2. The van der Waals surface area contributed by atoms with E-state index in [4.69, 9.17) is 4.74 Å². The van der Waals surface area contributed by atoms with Crippen LogP contribution in [0.3, 0.4) is 0 Å². The van der Waals surface area contributed by atoms with Gasteiger partial charge in [-0.2, -0.15) is 8.78 Å². The molecule has 3 aromatic rings. The second-order valence-electron chi connectivity index (χ2n) is 6.84. The molecular weight excluding hydrogens is 458 g/mol. The fourth-order valence-corrected chi connectivity index (χ4v) is 4.16. The molecule has 0 spiro atoms. The highest BCUT2D eigenvalue weighted by Gasteiger charge is 2.23. The Morgan fingerprint density at radius 1 is 1.27 bits per heavy atom. The molecule has 2 aromatic carbocycles. The summed E-state index contributed by atoms with van der Waals surface area (Å²) in [7, 11) is 1.37. The third-order valence-corrected chi connectivity index (χ3v) is 5.77. The van der Waals surface area contributed by atoms with Crippen LogP contribution in [0.5, 0.6) is 11.5 Å². The number of aromatic amines is 1. The van der Waals surface area contributed by atoms with Gasteiger partial charge in [-0.05, 0) is 34.1 Å². The summed E-state index contributed by atoms with van der Waals surface area (Å²) in [5.41, 5.74) is 3.60. The van der Waals surface area contributed by atoms with E-state index in [1.807, 2.05) is 18.2 Å². The standard InChI is InChI=1S/C22H19BrF2N2O3/c1-29-18-7-2-4-13(21(18)30-22(24)25)8-9-19(28)27-11-10-17-15(12-27)14-5-3-6-16(23)20(14)26-17/h2-9,22,26H,10-12H2,1H3/b9-8+. The number of hydrogen-bond acceptors (Lipinski definition) is 3. The van der Waals surface area contributed by atoms with Crippen molar-refractivity contribution >= 4 is 38.8 Å². The number of halogens is 3. The first-order valence-corrected chi connectivity index (χ1v) is 10.1. The second kappa shape index (κ2) is 8.47. The van der Waals surface area contributed by atoms with Gasteiger partial charge in [-0.15, -0.1) is 0 Å². The van der Waals surface area contributed by atoms with Gasteiger partial charge in [-0.25, -0.2) is 0 Å². The largest absolute Gasteiger partial charge is 0.493 e. The van der Waals surface area contributed by atoms with Crippen molar-refractivity contribution in [1.29, 1.82) is 0 Å². The van der Waals surface area contributed by atoms with Crippen LogP contribution in [-0.4, -0.2) is 36.1 Å². The predicted molar refractivity (Wildman–Crippen MR) is 114 cm³/mol. The minimum absolute atomic E-state index is 0.0959. The van der Waals surface area contributed by atoms with Crippen molar-refractivity contribution in [1.82, 2.24) is 9.88 Å². The van der Waals surface area contributed by atoms with Gasteiger partial charge in [0.1, 0.15) is 0 Å². The number of para-hydroxylation sites is 2. The fourth-order valence-electron chi connectivity index (χ4n) is 3.70. The molecule has 0 bridgehead atoms. The summed E-state index contributed by atoms with van der Waals surface area (Å²) in [4.78, 5) is 18.0. The number of hydrogen-bond donors (Lipinski definition) is 1. The Bertz CT molecular complexity index is 1130. The van der Waals surface area contributed by atoms with Crippen LogP contribution in [0.15, 0.2) is 46.9 Å². The van der Waals surface area contributed by atoms with Crippen LogP contribution in [0.1, 0.15) is 16.8 Å². The number of aromatic nitrogens is 1. The Labute approximate surface area is 180 Å². The first-order chi connectivity index (χ1) is 14.5. The monoisotopic (exact) mass is 476 g/mol. The summed E-state index contributed by atoms with van der Waals surface area (Å²) in [5, 5.41) is 1.08. The van der Waals surface area contributed by atoms with Crippen LogP contribution in [0.4, 0.5) is 8.78 Å².